The predicted molar refractivity (Wildman–Crippen MR) is 102 cm³/mol. The number of nitrogens with zero attached hydrogens (tertiary/aromatic N) is 1. The Bertz CT molecular complexity index is 1020. The number of H-pyrrole nitrogens is 1. The minimum Gasteiger partial charge on any atom is -0.450 e. The molecular formula is C20H19N3O3. The van der Waals surface area contributed by atoms with E-state index in [4.69, 9.17) is 4.74 Å². The van der Waals surface area contributed by atoms with E-state index in [1.54, 1.807) is 18.2 Å². The summed E-state index contributed by atoms with van der Waals surface area (Å²) in [7, 11) is 0. The number of nitro benzene ring substituents is 1. The number of hydrogen-bond donors (Lipinski definition) is 2. The van der Waals surface area contributed by atoms with Crippen molar-refractivity contribution in [2.45, 2.75) is 13.3 Å². The van der Waals surface area contributed by atoms with Gasteiger partial charge in [0.2, 0.25) is 5.75 Å². The molecule has 0 fully saturated rings. The Hall–Kier alpha value is -3.12. The lowest BCUT2D eigenvalue weighted by molar-refractivity contribution is -0.385. The van der Waals surface area contributed by atoms with Crippen molar-refractivity contribution in [3.05, 3.63) is 69.9 Å². The highest BCUT2D eigenvalue weighted by molar-refractivity contribution is 5.95. The quantitative estimate of drug-likeness (QED) is 0.535. The molecule has 3 aromatic rings. The Kier molecular flexibility index (Phi) is 4.18. The van der Waals surface area contributed by atoms with Crippen molar-refractivity contribution >= 4 is 22.2 Å². The third-order valence-electron chi connectivity index (χ3n) is 4.63. The summed E-state index contributed by atoms with van der Waals surface area (Å²) < 4.78 is 5.84. The summed E-state index contributed by atoms with van der Waals surface area (Å²) in [5.74, 6) is 0.827. The fourth-order valence-electron chi connectivity index (χ4n) is 3.45. The van der Waals surface area contributed by atoms with E-state index in [2.05, 4.69) is 23.3 Å². The first-order valence-electron chi connectivity index (χ1n) is 8.57. The Morgan fingerprint density at radius 2 is 2.04 bits per heavy atom. The predicted octanol–water partition coefficient (Wildman–Crippen LogP) is 4.55. The highest BCUT2D eigenvalue weighted by Crippen LogP contribution is 2.36. The number of ether oxygens (including phenoxy) is 1. The van der Waals surface area contributed by atoms with Gasteiger partial charge in [-0.2, -0.15) is 0 Å². The zero-order chi connectivity index (χ0) is 18.1. The van der Waals surface area contributed by atoms with Gasteiger partial charge in [0.1, 0.15) is 5.75 Å². The van der Waals surface area contributed by atoms with E-state index < -0.39 is 4.92 Å². The largest absolute Gasteiger partial charge is 0.450 e. The third-order valence-corrected chi connectivity index (χ3v) is 4.63. The minimum atomic E-state index is -0.431. The molecule has 26 heavy (non-hydrogen) atoms. The summed E-state index contributed by atoms with van der Waals surface area (Å²) >= 11 is 0. The van der Waals surface area contributed by atoms with Gasteiger partial charge in [-0.1, -0.05) is 18.2 Å². The average molecular weight is 349 g/mol. The molecule has 1 aromatic heterocycles. The topological polar surface area (TPSA) is 80.2 Å². The van der Waals surface area contributed by atoms with Crippen molar-refractivity contribution in [1.82, 2.24) is 10.3 Å². The van der Waals surface area contributed by atoms with Gasteiger partial charge in [-0.05, 0) is 49.7 Å². The minimum absolute atomic E-state index is 0.0425. The van der Waals surface area contributed by atoms with Crippen LogP contribution in [-0.2, 0) is 0 Å². The van der Waals surface area contributed by atoms with Gasteiger partial charge in [-0.25, -0.2) is 0 Å². The van der Waals surface area contributed by atoms with Gasteiger partial charge in [0.05, 0.1) is 4.92 Å². The van der Waals surface area contributed by atoms with Crippen LogP contribution in [0.25, 0.3) is 16.5 Å². The van der Waals surface area contributed by atoms with Crippen LogP contribution in [0.2, 0.25) is 0 Å². The van der Waals surface area contributed by atoms with Crippen LogP contribution >= 0.6 is 0 Å². The zero-order valence-corrected chi connectivity index (χ0v) is 14.4. The van der Waals surface area contributed by atoms with Gasteiger partial charge in [-0.15, -0.1) is 0 Å². The van der Waals surface area contributed by atoms with Crippen molar-refractivity contribution < 1.29 is 9.66 Å². The highest BCUT2D eigenvalue weighted by Gasteiger charge is 2.17. The molecule has 0 aliphatic carbocycles. The second-order valence-electron chi connectivity index (χ2n) is 6.34. The summed E-state index contributed by atoms with van der Waals surface area (Å²) in [6.45, 7) is 3.90. The van der Waals surface area contributed by atoms with Crippen molar-refractivity contribution in [2.24, 2.45) is 0 Å². The number of hydrogen-bond acceptors (Lipinski definition) is 4. The van der Waals surface area contributed by atoms with E-state index in [-0.39, 0.29) is 11.4 Å². The summed E-state index contributed by atoms with van der Waals surface area (Å²) in [6, 6.07) is 12.2. The molecule has 1 aliphatic heterocycles. The third kappa shape index (κ3) is 2.95. The molecule has 2 N–H and O–H groups in total. The van der Waals surface area contributed by atoms with Crippen LogP contribution in [0.3, 0.4) is 0 Å². The number of aromatic nitrogens is 1. The molecule has 4 rings (SSSR count). The summed E-state index contributed by atoms with van der Waals surface area (Å²) in [5, 5.41) is 15.6. The summed E-state index contributed by atoms with van der Waals surface area (Å²) in [4.78, 5) is 14.2. The molecule has 0 amide bonds. The van der Waals surface area contributed by atoms with Crippen molar-refractivity contribution in [3.63, 3.8) is 0 Å². The fourth-order valence-corrected chi connectivity index (χ4v) is 3.45. The first-order valence-corrected chi connectivity index (χ1v) is 8.57. The van der Waals surface area contributed by atoms with Crippen LogP contribution in [0.1, 0.15) is 17.7 Å². The van der Waals surface area contributed by atoms with Gasteiger partial charge in [0, 0.05) is 34.8 Å². The number of aryl methyl sites for hydroxylation is 1. The molecule has 1 aliphatic rings. The van der Waals surface area contributed by atoms with Crippen LogP contribution in [0.4, 0.5) is 5.69 Å². The summed E-state index contributed by atoms with van der Waals surface area (Å²) in [5.41, 5.74) is 4.63. The van der Waals surface area contributed by atoms with Gasteiger partial charge in [-0.3, -0.25) is 10.1 Å². The Morgan fingerprint density at radius 1 is 1.19 bits per heavy atom. The van der Waals surface area contributed by atoms with Crippen molar-refractivity contribution in [2.75, 3.05) is 13.1 Å². The highest BCUT2D eigenvalue weighted by atomic mass is 16.6. The first-order chi connectivity index (χ1) is 12.6. The first kappa shape index (κ1) is 16.4. The number of para-hydroxylation sites is 2. The average Bonchev–Trinajstić information content (AvgIpc) is 2.98. The maximum absolute atomic E-state index is 11.2. The monoisotopic (exact) mass is 349 g/mol. The Morgan fingerprint density at radius 3 is 2.81 bits per heavy atom. The molecule has 2 aromatic carbocycles. The van der Waals surface area contributed by atoms with Crippen LogP contribution in [-0.4, -0.2) is 23.0 Å². The maximum Gasteiger partial charge on any atom is 0.311 e. The van der Waals surface area contributed by atoms with E-state index in [1.165, 1.54) is 17.2 Å². The lowest BCUT2D eigenvalue weighted by Gasteiger charge is -2.14. The normalized spacial score (nSPS) is 14.3. The fraction of sp³-hybridized carbons (Fsp3) is 0.200. The molecular weight excluding hydrogens is 330 g/mol. The molecule has 0 saturated carbocycles. The van der Waals surface area contributed by atoms with E-state index in [1.807, 2.05) is 18.2 Å². The molecule has 132 valence electrons. The van der Waals surface area contributed by atoms with Crippen LogP contribution in [0.15, 0.2) is 48.5 Å². The summed E-state index contributed by atoms with van der Waals surface area (Å²) in [6.07, 6.45) is 3.19. The molecule has 0 radical (unpaired) electrons. The Labute approximate surface area is 150 Å². The molecule has 0 saturated heterocycles. The SMILES string of the molecule is Cc1[nH]c2ccc(Oc3ccccc3[N+](=O)[O-])cc2c1C1=CCNCC1. The lowest BCUT2D eigenvalue weighted by atomic mass is 9.97. The van der Waals surface area contributed by atoms with Crippen LogP contribution < -0.4 is 10.1 Å². The van der Waals surface area contributed by atoms with E-state index >= 15 is 0 Å². The number of nitrogens with one attached hydrogen (secondary N) is 2. The van der Waals surface area contributed by atoms with Crippen LogP contribution in [0, 0.1) is 17.0 Å². The molecule has 0 unspecified atom stereocenters. The van der Waals surface area contributed by atoms with Crippen LogP contribution in [0.5, 0.6) is 11.5 Å². The van der Waals surface area contributed by atoms with Gasteiger partial charge in [0.15, 0.2) is 0 Å². The number of nitro groups is 1. The molecule has 0 bridgehead atoms. The second kappa shape index (κ2) is 6.65. The van der Waals surface area contributed by atoms with Gasteiger partial charge >= 0.3 is 5.69 Å². The second-order valence-corrected chi connectivity index (χ2v) is 6.34. The molecule has 0 spiro atoms. The Balaban J connectivity index is 1.76. The lowest BCUT2D eigenvalue weighted by Crippen LogP contribution is -2.20. The number of benzene rings is 2. The molecule has 6 heteroatoms. The number of aromatic amines is 1. The van der Waals surface area contributed by atoms with Crippen molar-refractivity contribution in [3.8, 4) is 11.5 Å². The van der Waals surface area contributed by atoms with E-state index in [0.717, 1.165) is 36.1 Å². The molecule has 0 atom stereocenters. The molecule has 6 nitrogen and oxygen atoms in total. The smallest absolute Gasteiger partial charge is 0.311 e. The van der Waals surface area contributed by atoms with Gasteiger partial charge in [0.25, 0.3) is 0 Å². The molecule has 2 heterocycles. The standard InChI is InChI=1S/C20H19N3O3/c1-13-20(14-8-10-21-11-9-14)16-12-15(6-7-17(16)22-13)26-19-5-3-2-4-18(19)23(24)25/h2-8,12,21-22H,9-11H2,1H3. The van der Waals surface area contributed by atoms with Crippen molar-refractivity contribution in [1.29, 1.82) is 0 Å². The van der Waals surface area contributed by atoms with Gasteiger partial charge < -0.3 is 15.0 Å². The number of rotatable bonds is 4. The van der Waals surface area contributed by atoms with E-state index in [0.29, 0.717) is 5.75 Å². The van der Waals surface area contributed by atoms with E-state index in [9.17, 15) is 10.1 Å². The zero-order valence-electron chi connectivity index (χ0n) is 14.4. The number of fused-ring (bicyclic) bond motifs is 1. The maximum atomic E-state index is 11.2.